The summed E-state index contributed by atoms with van der Waals surface area (Å²) >= 11 is 0. The van der Waals surface area contributed by atoms with Gasteiger partial charge in [0.15, 0.2) is 5.65 Å². The lowest BCUT2D eigenvalue weighted by atomic mass is 10.2. The molecule has 2 aromatic heterocycles. The summed E-state index contributed by atoms with van der Waals surface area (Å²) in [4.78, 5) is 4.41. The van der Waals surface area contributed by atoms with E-state index in [1.165, 1.54) is 12.1 Å². The fourth-order valence-corrected chi connectivity index (χ4v) is 1.73. The second-order valence-electron chi connectivity index (χ2n) is 3.81. The van der Waals surface area contributed by atoms with E-state index in [9.17, 15) is 4.39 Å². The maximum absolute atomic E-state index is 12.9. The molecule has 5 heteroatoms. The number of ether oxygens (including phenoxy) is 1. The molecule has 0 saturated heterocycles. The summed E-state index contributed by atoms with van der Waals surface area (Å²) in [5.74, 6) is 0.257. The van der Waals surface area contributed by atoms with Crippen LogP contribution < -0.4 is 4.74 Å². The normalized spacial score (nSPS) is 10.8. The highest BCUT2D eigenvalue weighted by atomic mass is 19.1. The first kappa shape index (κ1) is 10.7. The van der Waals surface area contributed by atoms with Gasteiger partial charge in [0.25, 0.3) is 0 Å². The molecule has 0 unspecified atom stereocenters. The van der Waals surface area contributed by atoms with Crippen molar-refractivity contribution < 1.29 is 9.13 Å². The lowest BCUT2D eigenvalue weighted by Crippen LogP contribution is -1.93. The van der Waals surface area contributed by atoms with Crippen molar-refractivity contribution in [2.75, 3.05) is 7.11 Å². The van der Waals surface area contributed by atoms with Gasteiger partial charge in [-0.05, 0) is 30.3 Å². The second kappa shape index (κ2) is 4.10. The van der Waals surface area contributed by atoms with Gasteiger partial charge in [0.2, 0.25) is 5.88 Å². The quantitative estimate of drug-likeness (QED) is 0.694. The van der Waals surface area contributed by atoms with Crippen LogP contribution in [0, 0.1) is 5.82 Å². The topological polar surface area (TPSA) is 39.4 Å². The molecule has 3 rings (SSSR count). The first-order valence-corrected chi connectivity index (χ1v) is 5.42. The van der Waals surface area contributed by atoms with Crippen molar-refractivity contribution in [1.82, 2.24) is 14.6 Å². The summed E-state index contributed by atoms with van der Waals surface area (Å²) in [5, 5.41) is 4.22. The summed E-state index contributed by atoms with van der Waals surface area (Å²) in [7, 11) is 1.56. The molecule has 0 N–H and O–H groups in total. The zero-order valence-electron chi connectivity index (χ0n) is 9.67. The number of aromatic nitrogens is 3. The Morgan fingerprint density at radius 2 is 1.89 bits per heavy atom. The van der Waals surface area contributed by atoms with Crippen LogP contribution in [-0.2, 0) is 0 Å². The molecular weight excluding hydrogens is 233 g/mol. The Bertz CT molecular complexity index is 691. The maximum atomic E-state index is 12.9. The van der Waals surface area contributed by atoms with Crippen LogP contribution in [0.1, 0.15) is 0 Å². The summed E-state index contributed by atoms with van der Waals surface area (Å²) in [6.45, 7) is 0. The molecule has 3 aromatic rings. The van der Waals surface area contributed by atoms with Crippen molar-refractivity contribution in [3.05, 3.63) is 48.4 Å². The summed E-state index contributed by atoms with van der Waals surface area (Å²) in [6, 6.07) is 9.76. The maximum Gasteiger partial charge on any atom is 0.231 e. The van der Waals surface area contributed by atoms with E-state index in [0.717, 1.165) is 16.9 Å². The van der Waals surface area contributed by atoms with Crippen LogP contribution in [0.5, 0.6) is 5.88 Å². The Labute approximate surface area is 103 Å². The highest BCUT2D eigenvalue weighted by Gasteiger charge is 2.06. The van der Waals surface area contributed by atoms with E-state index in [2.05, 4.69) is 10.1 Å². The molecule has 90 valence electrons. The highest BCUT2D eigenvalue weighted by molar-refractivity contribution is 5.62. The lowest BCUT2D eigenvalue weighted by molar-refractivity contribution is 0.390. The molecule has 0 fully saturated rings. The Kier molecular flexibility index (Phi) is 2.44. The minimum Gasteiger partial charge on any atom is -0.480 e. The largest absolute Gasteiger partial charge is 0.480 e. The zero-order chi connectivity index (χ0) is 12.5. The summed E-state index contributed by atoms with van der Waals surface area (Å²) < 4.78 is 19.5. The lowest BCUT2D eigenvalue weighted by Gasteiger charge is -1.97. The molecule has 0 spiro atoms. The third-order valence-electron chi connectivity index (χ3n) is 2.64. The predicted molar refractivity (Wildman–Crippen MR) is 64.9 cm³/mol. The smallest absolute Gasteiger partial charge is 0.231 e. The molecule has 0 amide bonds. The van der Waals surface area contributed by atoms with Crippen molar-refractivity contribution in [3.63, 3.8) is 0 Å². The number of halogens is 1. The molecule has 0 aliphatic carbocycles. The molecule has 0 aliphatic heterocycles. The van der Waals surface area contributed by atoms with E-state index in [4.69, 9.17) is 4.74 Å². The standard InChI is InChI=1S/C13H10FN3O/c1-18-13-7-6-12-15-11(8-17(12)16-13)9-2-4-10(14)5-3-9/h2-8H,1H3. The third-order valence-corrected chi connectivity index (χ3v) is 2.64. The average Bonchev–Trinajstić information content (AvgIpc) is 2.82. The predicted octanol–water partition coefficient (Wildman–Crippen LogP) is 2.54. The Morgan fingerprint density at radius 3 is 2.61 bits per heavy atom. The molecule has 0 saturated carbocycles. The van der Waals surface area contributed by atoms with Gasteiger partial charge in [0.05, 0.1) is 19.0 Å². The molecule has 2 heterocycles. The highest BCUT2D eigenvalue weighted by Crippen LogP contribution is 2.19. The van der Waals surface area contributed by atoms with Crippen LogP contribution in [0.2, 0.25) is 0 Å². The molecule has 0 atom stereocenters. The minimum absolute atomic E-state index is 0.262. The number of hydrogen-bond donors (Lipinski definition) is 0. The summed E-state index contributed by atoms with van der Waals surface area (Å²) in [5.41, 5.74) is 2.31. The molecule has 0 bridgehead atoms. The van der Waals surface area contributed by atoms with Crippen molar-refractivity contribution in [1.29, 1.82) is 0 Å². The van der Waals surface area contributed by atoms with E-state index in [-0.39, 0.29) is 5.82 Å². The minimum atomic E-state index is -0.262. The number of nitrogens with zero attached hydrogens (tertiary/aromatic N) is 3. The Hall–Kier alpha value is -2.43. The van der Waals surface area contributed by atoms with Gasteiger partial charge in [-0.2, -0.15) is 0 Å². The first-order valence-electron chi connectivity index (χ1n) is 5.42. The van der Waals surface area contributed by atoms with Gasteiger partial charge in [-0.1, -0.05) is 0 Å². The van der Waals surface area contributed by atoms with E-state index in [1.54, 1.807) is 36.0 Å². The van der Waals surface area contributed by atoms with Crippen LogP contribution in [0.3, 0.4) is 0 Å². The molecular formula is C13H10FN3O. The van der Waals surface area contributed by atoms with Crippen LogP contribution in [0.25, 0.3) is 16.9 Å². The van der Waals surface area contributed by atoms with E-state index < -0.39 is 0 Å². The van der Waals surface area contributed by atoms with Crippen LogP contribution in [-0.4, -0.2) is 21.7 Å². The van der Waals surface area contributed by atoms with Gasteiger partial charge >= 0.3 is 0 Å². The van der Waals surface area contributed by atoms with Crippen molar-refractivity contribution in [3.8, 4) is 17.1 Å². The number of rotatable bonds is 2. The number of hydrogen-bond acceptors (Lipinski definition) is 3. The Morgan fingerprint density at radius 1 is 1.11 bits per heavy atom. The number of benzene rings is 1. The van der Waals surface area contributed by atoms with Crippen LogP contribution in [0.15, 0.2) is 42.6 Å². The number of methoxy groups -OCH3 is 1. The molecule has 0 radical (unpaired) electrons. The SMILES string of the molecule is COc1ccc2nc(-c3ccc(F)cc3)cn2n1. The van der Waals surface area contributed by atoms with Crippen LogP contribution in [0.4, 0.5) is 4.39 Å². The average molecular weight is 243 g/mol. The van der Waals surface area contributed by atoms with Gasteiger partial charge in [-0.3, -0.25) is 0 Å². The van der Waals surface area contributed by atoms with Gasteiger partial charge in [-0.25, -0.2) is 13.9 Å². The summed E-state index contributed by atoms with van der Waals surface area (Å²) in [6.07, 6.45) is 1.78. The number of fused-ring (bicyclic) bond motifs is 1. The van der Waals surface area contributed by atoms with Gasteiger partial charge < -0.3 is 4.74 Å². The van der Waals surface area contributed by atoms with Gasteiger partial charge in [-0.15, -0.1) is 5.10 Å². The first-order chi connectivity index (χ1) is 8.76. The van der Waals surface area contributed by atoms with E-state index in [1.807, 2.05) is 6.07 Å². The zero-order valence-corrected chi connectivity index (χ0v) is 9.67. The fraction of sp³-hybridized carbons (Fsp3) is 0.0769. The Balaban J connectivity index is 2.10. The molecule has 1 aromatic carbocycles. The second-order valence-corrected chi connectivity index (χ2v) is 3.81. The van der Waals surface area contributed by atoms with E-state index in [0.29, 0.717) is 5.88 Å². The molecule has 18 heavy (non-hydrogen) atoms. The molecule has 0 aliphatic rings. The van der Waals surface area contributed by atoms with Crippen LogP contribution >= 0.6 is 0 Å². The van der Waals surface area contributed by atoms with Crippen molar-refractivity contribution >= 4 is 5.65 Å². The molecule has 4 nitrogen and oxygen atoms in total. The third kappa shape index (κ3) is 1.79. The van der Waals surface area contributed by atoms with E-state index >= 15 is 0 Å². The van der Waals surface area contributed by atoms with Gasteiger partial charge in [0, 0.05) is 11.6 Å². The fourth-order valence-electron chi connectivity index (χ4n) is 1.73. The van der Waals surface area contributed by atoms with Crippen molar-refractivity contribution in [2.45, 2.75) is 0 Å². The number of imidazole rings is 1. The van der Waals surface area contributed by atoms with Crippen molar-refractivity contribution in [2.24, 2.45) is 0 Å². The monoisotopic (exact) mass is 243 g/mol. The van der Waals surface area contributed by atoms with Gasteiger partial charge in [0.1, 0.15) is 5.82 Å².